The van der Waals surface area contributed by atoms with Crippen LogP contribution < -0.4 is 15.4 Å². The lowest BCUT2D eigenvalue weighted by Gasteiger charge is -2.54. The summed E-state index contributed by atoms with van der Waals surface area (Å²) in [7, 11) is 0. The molecule has 0 spiro atoms. The maximum absolute atomic E-state index is 12.5. The number of benzene rings is 1. The first-order chi connectivity index (χ1) is 14.1. The standard InChI is InChI=1S/C23H26N2O4/c26-21(25-22-16-8-14-7-15(10-16)11-17(22)9-14)13-29-19-4-1-3-18(12-19)24-23(27)20-5-2-6-28-20/h1-6,12,14-17,22H,7-11,13H2,(H,24,27)(H,25,26). The first-order valence-corrected chi connectivity index (χ1v) is 10.5. The minimum absolute atomic E-state index is 0.0155. The van der Waals surface area contributed by atoms with E-state index in [4.69, 9.17) is 9.15 Å². The molecule has 4 saturated carbocycles. The molecule has 6 nitrogen and oxygen atoms in total. The van der Waals surface area contributed by atoms with Gasteiger partial charge in [0, 0.05) is 17.8 Å². The van der Waals surface area contributed by atoms with Crippen LogP contribution in [0.1, 0.15) is 42.7 Å². The number of amides is 2. The molecule has 6 rings (SSSR count). The van der Waals surface area contributed by atoms with E-state index in [2.05, 4.69) is 10.6 Å². The van der Waals surface area contributed by atoms with Gasteiger partial charge >= 0.3 is 0 Å². The van der Waals surface area contributed by atoms with Crippen LogP contribution in [-0.4, -0.2) is 24.5 Å². The SMILES string of the molecule is O=C(COc1cccc(NC(=O)c2ccco2)c1)NC1C2CC3CC(C2)CC1C3. The number of anilines is 1. The van der Waals surface area contributed by atoms with E-state index in [9.17, 15) is 9.59 Å². The minimum atomic E-state index is -0.327. The maximum atomic E-state index is 12.5. The summed E-state index contributed by atoms with van der Waals surface area (Å²) >= 11 is 0. The zero-order valence-electron chi connectivity index (χ0n) is 16.3. The van der Waals surface area contributed by atoms with E-state index in [-0.39, 0.29) is 24.2 Å². The second kappa shape index (κ2) is 7.58. The molecule has 4 aliphatic carbocycles. The smallest absolute Gasteiger partial charge is 0.291 e. The fourth-order valence-electron chi connectivity index (χ4n) is 5.80. The lowest BCUT2D eigenvalue weighted by Crippen LogP contribution is -2.56. The van der Waals surface area contributed by atoms with E-state index in [0.717, 1.165) is 11.8 Å². The molecule has 2 aromatic rings. The lowest BCUT2D eigenvalue weighted by atomic mass is 9.54. The van der Waals surface area contributed by atoms with Crippen molar-refractivity contribution in [1.29, 1.82) is 0 Å². The Morgan fingerprint density at radius 2 is 1.76 bits per heavy atom. The van der Waals surface area contributed by atoms with Gasteiger partial charge in [0.25, 0.3) is 11.8 Å². The van der Waals surface area contributed by atoms with E-state index in [1.54, 1.807) is 36.4 Å². The highest BCUT2D eigenvalue weighted by atomic mass is 16.5. The van der Waals surface area contributed by atoms with Crippen molar-refractivity contribution >= 4 is 17.5 Å². The summed E-state index contributed by atoms with van der Waals surface area (Å²) in [5.41, 5.74) is 0.588. The predicted molar refractivity (Wildman–Crippen MR) is 108 cm³/mol. The Hall–Kier alpha value is -2.76. The molecule has 0 unspecified atom stereocenters. The van der Waals surface area contributed by atoms with Crippen LogP contribution in [0.25, 0.3) is 0 Å². The number of hydrogen-bond acceptors (Lipinski definition) is 4. The van der Waals surface area contributed by atoms with Crippen molar-refractivity contribution in [3.8, 4) is 5.75 Å². The van der Waals surface area contributed by atoms with Gasteiger partial charge in [0.15, 0.2) is 12.4 Å². The van der Waals surface area contributed by atoms with Gasteiger partial charge in [-0.05, 0) is 80.0 Å². The van der Waals surface area contributed by atoms with Crippen molar-refractivity contribution in [3.05, 3.63) is 48.4 Å². The number of furan rings is 1. The molecule has 4 aliphatic rings. The molecular formula is C23H26N2O4. The predicted octanol–water partition coefficient (Wildman–Crippen LogP) is 3.85. The van der Waals surface area contributed by atoms with Crippen molar-refractivity contribution < 1.29 is 18.7 Å². The summed E-state index contributed by atoms with van der Waals surface area (Å²) in [6.07, 6.45) is 7.96. The van der Waals surface area contributed by atoms with Crippen LogP contribution in [-0.2, 0) is 4.79 Å². The van der Waals surface area contributed by atoms with Gasteiger partial charge in [-0.1, -0.05) is 6.07 Å². The van der Waals surface area contributed by atoms with Gasteiger partial charge in [-0.25, -0.2) is 0 Å². The fraction of sp³-hybridized carbons (Fsp3) is 0.478. The highest BCUT2D eigenvalue weighted by molar-refractivity contribution is 6.02. The van der Waals surface area contributed by atoms with E-state index in [1.807, 2.05) is 0 Å². The second-order valence-electron chi connectivity index (χ2n) is 8.77. The summed E-state index contributed by atoms with van der Waals surface area (Å²) in [4.78, 5) is 24.6. The molecule has 0 saturated heterocycles. The zero-order chi connectivity index (χ0) is 19.8. The lowest BCUT2D eigenvalue weighted by molar-refractivity contribution is -0.127. The van der Waals surface area contributed by atoms with E-state index < -0.39 is 0 Å². The number of rotatable bonds is 6. The molecule has 6 heteroatoms. The van der Waals surface area contributed by atoms with Gasteiger partial charge in [0.05, 0.1) is 6.26 Å². The van der Waals surface area contributed by atoms with Gasteiger partial charge in [-0.15, -0.1) is 0 Å². The van der Waals surface area contributed by atoms with Crippen molar-refractivity contribution in [3.63, 3.8) is 0 Å². The molecule has 4 bridgehead atoms. The molecule has 0 atom stereocenters. The van der Waals surface area contributed by atoms with Crippen molar-refractivity contribution in [2.45, 2.75) is 38.1 Å². The topological polar surface area (TPSA) is 80.6 Å². The summed E-state index contributed by atoms with van der Waals surface area (Å²) in [5, 5.41) is 6.01. The molecule has 29 heavy (non-hydrogen) atoms. The van der Waals surface area contributed by atoms with Crippen LogP contribution in [0.15, 0.2) is 47.1 Å². The molecule has 4 fully saturated rings. The normalized spacial score (nSPS) is 29.4. The molecular weight excluding hydrogens is 368 g/mol. The molecule has 2 amide bonds. The quantitative estimate of drug-likeness (QED) is 0.780. The number of nitrogens with one attached hydrogen (secondary N) is 2. The third kappa shape index (κ3) is 3.88. The largest absolute Gasteiger partial charge is 0.484 e. The minimum Gasteiger partial charge on any atom is -0.484 e. The Morgan fingerprint density at radius 1 is 1.00 bits per heavy atom. The van der Waals surface area contributed by atoms with Crippen molar-refractivity contribution in [1.82, 2.24) is 5.32 Å². The average molecular weight is 394 g/mol. The second-order valence-corrected chi connectivity index (χ2v) is 8.77. The van der Waals surface area contributed by atoms with Crippen LogP contribution >= 0.6 is 0 Å². The molecule has 2 N–H and O–H groups in total. The van der Waals surface area contributed by atoms with E-state index >= 15 is 0 Å². The fourth-order valence-corrected chi connectivity index (χ4v) is 5.80. The number of carbonyl (C=O) groups is 2. The van der Waals surface area contributed by atoms with Gasteiger partial charge in [0.2, 0.25) is 0 Å². The number of ether oxygens (including phenoxy) is 1. The van der Waals surface area contributed by atoms with Crippen LogP contribution in [0.2, 0.25) is 0 Å². The monoisotopic (exact) mass is 394 g/mol. The van der Waals surface area contributed by atoms with Crippen LogP contribution in [0.3, 0.4) is 0 Å². The van der Waals surface area contributed by atoms with Gasteiger partial charge < -0.3 is 19.8 Å². The van der Waals surface area contributed by atoms with E-state index in [1.165, 1.54) is 38.4 Å². The van der Waals surface area contributed by atoms with Crippen molar-refractivity contribution in [2.24, 2.45) is 23.7 Å². The summed E-state index contributed by atoms with van der Waals surface area (Å²) in [6.45, 7) is -0.0155. The van der Waals surface area contributed by atoms with Gasteiger partial charge in [-0.3, -0.25) is 9.59 Å². The third-order valence-electron chi connectivity index (χ3n) is 6.76. The Balaban J connectivity index is 1.14. The number of hydrogen-bond donors (Lipinski definition) is 2. The first-order valence-electron chi connectivity index (χ1n) is 10.5. The highest BCUT2D eigenvalue weighted by Gasteiger charge is 2.48. The Kier molecular flexibility index (Phi) is 4.78. The molecule has 152 valence electrons. The Morgan fingerprint density at radius 3 is 2.45 bits per heavy atom. The maximum Gasteiger partial charge on any atom is 0.291 e. The summed E-state index contributed by atoms with van der Waals surface area (Å²) in [6, 6.07) is 10.6. The van der Waals surface area contributed by atoms with E-state index in [0.29, 0.717) is 29.3 Å². The van der Waals surface area contributed by atoms with Crippen LogP contribution in [0.5, 0.6) is 5.75 Å². The van der Waals surface area contributed by atoms with Gasteiger partial charge in [0.1, 0.15) is 5.75 Å². The summed E-state index contributed by atoms with van der Waals surface area (Å²) in [5.74, 6) is 3.47. The zero-order valence-corrected chi connectivity index (χ0v) is 16.3. The van der Waals surface area contributed by atoms with Crippen LogP contribution in [0, 0.1) is 23.7 Å². The molecule has 1 aromatic carbocycles. The first kappa shape index (κ1) is 18.3. The summed E-state index contributed by atoms with van der Waals surface area (Å²) < 4.78 is 10.8. The average Bonchev–Trinajstić information content (AvgIpc) is 3.24. The third-order valence-corrected chi connectivity index (χ3v) is 6.76. The molecule has 1 heterocycles. The molecule has 0 aliphatic heterocycles. The van der Waals surface area contributed by atoms with Crippen molar-refractivity contribution in [2.75, 3.05) is 11.9 Å². The Bertz CT molecular complexity index is 864. The highest BCUT2D eigenvalue weighted by Crippen LogP contribution is 2.53. The molecule has 0 radical (unpaired) electrons. The molecule has 1 aromatic heterocycles. The van der Waals surface area contributed by atoms with Crippen LogP contribution in [0.4, 0.5) is 5.69 Å². The number of carbonyl (C=O) groups excluding carboxylic acids is 2. The Labute approximate surface area is 170 Å². The van der Waals surface area contributed by atoms with Gasteiger partial charge in [-0.2, -0.15) is 0 Å².